The van der Waals surface area contributed by atoms with Crippen LogP contribution in [0.1, 0.15) is 42.7 Å². The first kappa shape index (κ1) is 23.1. The van der Waals surface area contributed by atoms with Crippen LogP contribution in [0, 0.1) is 11.8 Å². The molecule has 3 aliphatic carbocycles. The van der Waals surface area contributed by atoms with Crippen molar-refractivity contribution >= 4 is 18.0 Å². The van der Waals surface area contributed by atoms with Gasteiger partial charge < -0.3 is 20.1 Å². The molecule has 0 heterocycles. The number of hydrogen-bond acceptors (Lipinski definition) is 4. The summed E-state index contributed by atoms with van der Waals surface area (Å²) in [6, 6.07) is 16.1. The van der Waals surface area contributed by atoms with E-state index < -0.39 is 12.1 Å². The zero-order chi connectivity index (χ0) is 24.5. The number of alkyl carbamates (subject to hydrolysis) is 1. The van der Waals surface area contributed by atoms with Crippen molar-refractivity contribution in [2.24, 2.45) is 11.8 Å². The molecule has 7 heteroatoms. The first-order valence-electron chi connectivity index (χ1n) is 12.2. The largest absolute Gasteiger partial charge is 0.481 e. The predicted octanol–water partition coefficient (Wildman–Crippen LogP) is 4.18. The Kier molecular flexibility index (Phi) is 6.32. The van der Waals surface area contributed by atoms with Crippen LogP contribution in [0.4, 0.5) is 4.79 Å². The minimum atomic E-state index is -0.796. The number of amides is 2. The Balaban J connectivity index is 1.15. The lowest BCUT2D eigenvalue weighted by Crippen LogP contribution is -2.50. The number of rotatable bonds is 6. The summed E-state index contributed by atoms with van der Waals surface area (Å²) in [5, 5.41) is 12.0. The maximum atomic E-state index is 13.0. The van der Waals surface area contributed by atoms with E-state index in [9.17, 15) is 14.4 Å². The summed E-state index contributed by atoms with van der Waals surface area (Å²) in [7, 11) is 1.75. The molecule has 2 aromatic carbocycles. The molecule has 0 bridgehead atoms. The van der Waals surface area contributed by atoms with Crippen molar-refractivity contribution < 1.29 is 24.2 Å². The summed E-state index contributed by atoms with van der Waals surface area (Å²) < 4.78 is 5.65. The minimum Gasteiger partial charge on any atom is -0.481 e. The minimum absolute atomic E-state index is 0.00234. The second-order valence-corrected chi connectivity index (χ2v) is 9.78. The van der Waals surface area contributed by atoms with E-state index in [-0.39, 0.29) is 42.4 Å². The van der Waals surface area contributed by atoms with Gasteiger partial charge in [-0.25, -0.2) is 4.79 Å². The Labute approximate surface area is 204 Å². The molecular formula is C28H30N2O5. The van der Waals surface area contributed by atoms with E-state index in [2.05, 4.69) is 29.6 Å². The fraction of sp³-hybridized carbons (Fsp3) is 0.393. The molecule has 1 fully saturated rings. The lowest BCUT2D eigenvalue weighted by atomic mass is 9.78. The van der Waals surface area contributed by atoms with Crippen LogP contribution in [-0.4, -0.2) is 53.7 Å². The molecule has 3 aliphatic rings. The highest BCUT2D eigenvalue weighted by molar-refractivity contribution is 5.81. The van der Waals surface area contributed by atoms with Crippen LogP contribution in [-0.2, 0) is 14.3 Å². The first-order valence-corrected chi connectivity index (χ1v) is 12.2. The van der Waals surface area contributed by atoms with Gasteiger partial charge in [0.2, 0.25) is 5.91 Å². The number of benzene rings is 2. The van der Waals surface area contributed by atoms with E-state index >= 15 is 0 Å². The van der Waals surface area contributed by atoms with Crippen molar-refractivity contribution in [2.45, 2.75) is 43.7 Å². The third-order valence-corrected chi connectivity index (χ3v) is 7.68. The summed E-state index contributed by atoms with van der Waals surface area (Å²) in [5.74, 6) is -1.40. The smallest absolute Gasteiger partial charge is 0.407 e. The fourth-order valence-electron chi connectivity index (χ4n) is 5.56. The third-order valence-electron chi connectivity index (χ3n) is 7.68. The number of nitrogens with zero attached hydrogens (tertiary/aromatic N) is 1. The van der Waals surface area contributed by atoms with Gasteiger partial charge in [0.15, 0.2) is 0 Å². The molecule has 2 unspecified atom stereocenters. The molecule has 0 aliphatic heterocycles. The van der Waals surface area contributed by atoms with Crippen molar-refractivity contribution in [3.8, 4) is 11.1 Å². The summed E-state index contributed by atoms with van der Waals surface area (Å²) in [6.45, 7) is 0.244. The van der Waals surface area contributed by atoms with Crippen molar-refractivity contribution in [1.29, 1.82) is 0 Å². The van der Waals surface area contributed by atoms with Crippen LogP contribution in [0.2, 0.25) is 0 Å². The van der Waals surface area contributed by atoms with Gasteiger partial charge in [0.05, 0.1) is 12.0 Å². The molecule has 182 valence electrons. The zero-order valence-electron chi connectivity index (χ0n) is 19.7. The number of nitrogens with one attached hydrogen (secondary N) is 1. The number of hydrogen-bond donors (Lipinski definition) is 2. The van der Waals surface area contributed by atoms with Crippen LogP contribution in [0.15, 0.2) is 60.7 Å². The topological polar surface area (TPSA) is 95.9 Å². The van der Waals surface area contributed by atoms with Crippen LogP contribution < -0.4 is 5.32 Å². The van der Waals surface area contributed by atoms with Gasteiger partial charge in [-0.2, -0.15) is 0 Å². The van der Waals surface area contributed by atoms with E-state index in [1.165, 1.54) is 11.1 Å². The van der Waals surface area contributed by atoms with E-state index in [0.29, 0.717) is 25.7 Å². The summed E-state index contributed by atoms with van der Waals surface area (Å²) in [5.41, 5.74) is 4.68. The zero-order valence-corrected chi connectivity index (χ0v) is 19.7. The molecule has 0 radical (unpaired) electrons. The van der Waals surface area contributed by atoms with Crippen LogP contribution in [0.25, 0.3) is 11.1 Å². The van der Waals surface area contributed by atoms with Gasteiger partial charge in [-0.05, 0) is 47.9 Å². The summed E-state index contributed by atoms with van der Waals surface area (Å²) >= 11 is 0. The van der Waals surface area contributed by atoms with Crippen LogP contribution >= 0.6 is 0 Å². The Hall–Kier alpha value is -3.61. The van der Waals surface area contributed by atoms with Gasteiger partial charge in [0, 0.05) is 24.9 Å². The number of carboxylic acids is 1. The number of carbonyl (C=O) groups is 3. The molecule has 0 saturated heterocycles. The maximum Gasteiger partial charge on any atom is 0.407 e. The van der Waals surface area contributed by atoms with Gasteiger partial charge in [-0.3, -0.25) is 9.59 Å². The predicted molar refractivity (Wildman–Crippen MR) is 131 cm³/mol. The van der Waals surface area contributed by atoms with Crippen molar-refractivity contribution in [1.82, 2.24) is 10.2 Å². The monoisotopic (exact) mass is 474 g/mol. The van der Waals surface area contributed by atoms with Crippen LogP contribution in [0.5, 0.6) is 0 Å². The number of allylic oxidation sites excluding steroid dienone is 1. The number of aliphatic carboxylic acids is 1. The highest BCUT2D eigenvalue weighted by atomic mass is 16.5. The van der Waals surface area contributed by atoms with Gasteiger partial charge in [-0.1, -0.05) is 60.7 Å². The average Bonchev–Trinajstić information content (AvgIpc) is 3.15. The standard InChI is InChI=1S/C28H30N2O5/c1-30(20-14-18(15-20)27(32)33)26(31)17-7-6-8-19(13-17)29-28(34)35-16-25-23-11-4-2-9-21(23)22-10-3-5-12-24(22)25/h2-6,8-12,17-20,25H,7,13-16H2,1H3,(H,29,34)(H,32,33). The van der Waals surface area contributed by atoms with Crippen molar-refractivity contribution in [2.75, 3.05) is 13.7 Å². The third kappa shape index (κ3) is 4.55. The number of fused-ring (bicyclic) bond motifs is 3. The number of carboxylic acid groups (broad SMARTS) is 1. The van der Waals surface area contributed by atoms with Gasteiger partial charge in [-0.15, -0.1) is 0 Å². The maximum absolute atomic E-state index is 13.0. The van der Waals surface area contributed by atoms with Crippen molar-refractivity contribution in [3.63, 3.8) is 0 Å². The molecule has 2 aromatic rings. The van der Waals surface area contributed by atoms with E-state index in [4.69, 9.17) is 9.84 Å². The molecule has 35 heavy (non-hydrogen) atoms. The fourth-order valence-corrected chi connectivity index (χ4v) is 5.56. The van der Waals surface area contributed by atoms with Crippen LogP contribution in [0.3, 0.4) is 0 Å². The highest BCUT2D eigenvalue weighted by Crippen LogP contribution is 2.44. The SMILES string of the molecule is CN(C(=O)C1CC=CC(NC(=O)OCC2c3ccccc3-c3ccccc32)C1)C1CC(C(=O)O)C1. The molecule has 2 N–H and O–H groups in total. The lowest BCUT2D eigenvalue weighted by Gasteiger charge is -2.41. The molecule has 2 amide bonds. The Morgan fingerprint density at radius 2 is 1.60 bits per heavy atom. The Morgan fingerprint density at radius 3 is 2.23 bits per heavy atom. The van der Waals surface area contributed by atoms with Gasteiger partial charge in [0.1, 0.15) is 6.61 Å². The molecule has 0 aromatic heterocycles. The first-order chi connectivity index (χ1) is 16.9. The number of carbonyl (C=O) groups excluding carboxylic acids is 2. The van der Waals surface area contributed by atoms with Gasteiger partial charge in [0.25, 0.3) is 0 Å². The average molecular weight is 475 g/mol. The second-order valence-electron chi connectivity index (χ2n) is 9.78. The Bertz CT molecular complexity index is 1120. The number of ether oxygens (including phenoxy) is 1. The van der Waals surface area contributed by atoms with Gasteiger partial charge >= 0.3 is 12.1 Å². The molecule has 0 spiro atoms. The lowest BCUT2D eigenvalue weighted by molar-refractivity contribution is -0.151. The molecular weight excluding hydrogens is 444 g/mol. The normalized spacial score (nSPS) is 24.6. The van der Waals surface area contributed by atoms with E-state index in [1.54, 1.807) is 11.9 Å². The molecule has 1 saturated carbocycles. The van der Waals surface area contributed by atoms with E-state index in [0.717, 1.165) is 11.1 Å². The van der Waals surface area contributed by atoms with E-state index in [1.807, 2.05) is 36.4 Å². The molecule has 7 nitrogen and oxygen atoms in total. The Morgan fingerprint density at radius 1 is 0.971 bits per heavy atom. The second kappa shape index (κ2) is 9.56. The summed E-state index contributed by atoms with van der Waals surface area (Å²) in [6.07, 6.45) is 5.46. The quantitative estimate of drug-likeness (QED) is 0.613. The highest BCUT2D eigenvalue weighted by Gasteiger charge is 2.40. The van der Waals surface area contributed by atoms with Crippen molar-refractivity contribution in [3.05, 3.63) is 71.8 Å². The molecule has 5 rings (SSSR count). The summed E-state index contributed by atoms with van der Waals surface area (Å²) in [4.78, 5) is 38.4. The molecule has 2 atom stereocenters.